The van der Waals surface area contributed by atoms with E-state index in [0.717, 1.165) is 21.2 Å². The van der Waals surface area contributed by atoms with Crippen molar-refractivity contribution < 1.29 is 18.7 Å². The van der Waals surface area contributed by atoms with E-state index in [1.165, 1.54) is 24.3 Å². The molecule has 4 aromatic carbocycles. The summed E-state index contributed by atoms with van der Waals surface area (Å²) in [5.74, 6) is -1.66. The molecule has 1 aliphatic rings. The van der Waals surface area contributed by atoms with Gasteiger partial charge in [0.25, 0.3) is 11.8 Å². The van der Waals surface area contributed by atoms with Crippen LogP contribution in [0.1, 0.15) is 11.1 Å². The van der Waals surface area contributed by atoms with Gasteiger partial charge in [0.2, 0.25) is 0 Å². The van der Waals surface area contributed by atoms with Crippen LogP contribution in [0.4, 0.5) is 10.1 Å². The Kier molecular flexibility index (Phi) is 7.06. The SMILES string of the molecule is O=C1NC(=S)N(c2ccccc2F)C(=O)/C1=C/c1cc(Cl)c(OCc2cccc3ccccc23)c(Br)c1. The van der Waals surface area contributed by atoms with Crippen LogP contribution >= 0.6 is 39.7 Å². The van der Waals surface area contributed by atoms with Gasteiger partial charge >= 0.3 is 0 Å². The number of carbonyl (C=O) groups is 2. The molecule has 5 nitrogen and oxygen atoms in total. The summed E-state index contributed by atoms with van der Waals surface area (Å²) in [7, 11) is 0. The van der Waals surface area contributed by atoms with Crippen molar-refractivity contribution in [2.75, 3.05) is 4.90 Å². The largest absolute Gasteiger partial charge is 0.486 e. The number of para-hydroxylation sites is 1. The van der Waals surface area contributed by atoms with Crippen molar-refractivity contribution in [3.63, 3.8) is 0 Å². The van der Waals surface area contributed by atoms with Gasteiger partial charge in [-0.05, 0) is 80.4 Å². The molecule has 184 valence electrons. The van der Waals surface area contributed by atoms with Crippen LogP contribution in [0.5, 0.6) is 5.75 Å². The Morgan fingerprint density at radius 1 is 1.03 bits per heavy atom. The molecule has 2 amide bonds. The summed E-state index contributed by atoms with van der Waals surface area (Å²) in [6.45, 7) is 0.288. The lowest BCUT2D eigenvalue weighted by Crippen LogP contribution is -2.54. The molecule has 0 saturated carbocycles. The molecule has 0 unspecified atom stereocenters. The second kappa shape index (κ2) is 10.4. The lowest BCUT2D eigenvalue weighted by molar-refractivity contribution is -0.122. The molecule has 5 rings (SSSR count). The first-order chi connectivity index (χ1) is 17.8. The summed E-state index contributed by atoms with van der Waals surface area (Å²) in [6.07, 6.45) is 1.37. The van der Waals surface area contributed by atoms with Gasteiger partial charge in [0.05, 0.1) is 15.2 Å². The maximum Gasteiger partial charge on any atom is 0.270 e. The number of ether oxygens (including phenoxy) is 1. The van der Waals surface area contributed by atoms with Gasteiger partial charge < -0.3 is 4.74 Å². The third-order valence-electron chi connectivity index (χ3n) is 5.78. The van der Waals surface area contributed by atoms with Gasteiger partial charge in [0.1, 0.15) is 18.0 Å². The number of rotatable bonds is 5. The lowest BCUT2D eigenvalue weighted by atomic mass is 10.1. The maximum absolute atomic E-state index is 14.4. The Morgan fingerprint density at radius 2 is 1.76 bits per heavy atom. The first kappa shape index (κ1) is 25.1. The summed E-state index contributed by atoms with van der Waals surface area (Å²) in [5, 5.41) is 4.71. The second-order valence-electron chi connectivity index (χ2n) is 8.15. The van der Waals surface area contributed by atoms with Crippen LogP contribution in [0.2, 0.25) is 5.02 Å². The van der Waals surface area contributed by atoms with E-state index in [4.69, 9.17) is 28.6 Å². The van der Waals surface area contributed by atoms with Gasteiger partial charge in [-0.25, -0.2) is 9.29 Å². The number of carbonyl (C=O) groups excluding carboxylic acids is 2. The molecule has 1 fully saturated rings. The monoisotopic (exact) mass is 594 g/mol. The first-order valence-corrected chi connectivity index (χ1v) is 12.7. The molecule has 0 aliphatic carbocycles. The van der Waals surface area contributed by atoms with Crippen molar-refractivity contribution in [2.24, 2.45) is 0 Å². The number of anilines is 1. The van der Waals surface area contributed by atoms with Crippen LogP contribution in [-0.4, -0.2) is 16.9 Å². The zero-order valence-electron chi connectivity index (χ0n) is 19.0. The van der Waals surface area contributed by atoms with Crippen LogP contribution in [0.25, 0.3) is 16.8 Å². The normalized spacial score (nSPS) is 14.8. The molecule has 0 aromatic heterocycles. The van der Waals surface area contributed by atoms with Crippen molar-refractivity contribution >= 4 is 79.2 Å². The average Bonchev–Trinajstić information content (AvgIpc) is 2.87. The Bertz CT molecular complexity index is 1600. The molecule has 0 spiro atoms. The van der Waals surface area contributed by atoms with E-state index >= 15 is 0 Å². The highest BCUT2D eigenvalue weighted by Gasteiger charge is 2.35. The van der Waals surface area contributed by atoms with E-state index in [2.05, 4.69) is 21.2 Å². The molecule has 37 heavy (non-hydrogen) atoms. The smallest absolute Gasteiger partial charge is 0.270 e. The highest BCUT2D eigenvalue weighted by atomic mass is 79.9. The van der Waals surface area contributed by atoms with Gasteiger partial charge in [-0.15, -0.1) is 0 Å². The van der Waals surface area contributed by atoms with Crippen molar-refractivity contribution in [3.8, 4) is 5.75 Å². The Hall–Kier alpha value is -3.59. The summed E-state index contributed by atoms with van der Waals surface area (Å²) >= 11 is 15.1. The third kappa shape index (κ3) is 5.00. The number of nitrogens with one attached hydrogen (secondary N) is 1. The highest BCUT2D eigenvalue weighted by molar-refractivity contribution is 9.10. The fourth-order valence-corrected chi connectivity index (χ4v) is 5.31. The number of nitrogens with zero attached hydrogens (tertiary/aromatic N) is 1. The minimum Gasteiger partial charge on any atom is -0.486 e. The lowest BCUT2D eigenvalue weighted by Gasteiger charge is -2.29. The van der Waals surface area contributed by atoms with Gasteiger partial charge in [0, 0.05) is 0 Å². The van der Waals surface area contributed by atoms with Crippen LogP contribution < -0.4 is 15.0 Å². The number of hydrogen-bond donors (Lipinski definition) is 1. The van der Waals surface area contributed by atoms with Gasteiger partial charge in [-0.3, -0.25) is 14.9 Å². The van der Waals surface area contributed by atoms with E-state index in [0.29, 0.717) is 15.8 Å². The standard InChI is InChI=1S/C28H17BrClFN2O3S/c29-21-13-16(12-20-26(34)32-28(37)33(27(20)35)24-11-4-3-10-23(24)31)14-22(30)25(21)36-15-18-8-5-7-17-6-1-2-9-19(17)18/h1-14H,15H2,(H,32,34,37)/b20-12+. The Labute approximate surface area is 230 Å². The molecule has 1 N–H and O–H groups in total. The molecule has 1 aliphatic heterocycles. The quantitative estimate of drug-likeness (QED) is 0.157. The molecule has 1 saturated heterocycles. The van der Waals surface area contributed by atoms with E-state index in [1.54, 1.807) is 18.2 Å². The van der Waals surface area contributed by atoms with Crippen molar-refractivity contribution in [1.29, 1.82) is 0 Å². The molecule has 0 bridgehead atoms. The predicted octanol–water partition coefficient (Wildman–Crippen LogP) is 6.81. The van der Waals surface area contributed by atoms with Crippen LogP contribution in [0.15, 0.2) is 88.9 Å². The zero-order chi connectivity index (χ0) is 26.1. The Morgan fingerprint density at radius 3 is 2.54 bits per heavy atom. The molecule has 1 heterocycles. The van der Waals surface area contributed by atoms with Gasteiger partial charge in [-0.2, -0.15) is 0 Å². The number of halogens is 3. The highest BCUT2D eigenvalue weighted by Crippen LogP contribution is 2.36. The van der Waals surface area contributed by atoms with Crippen molar-refractivity contribution in [2.45, 2.75) is 6.61 Å². The number of thiocarbonyl (C=S) groups is 1. The van der Waals surface area contributed by atoms with E-state index < -0.39 is 17.6 Å². The topological polar surface area (TPSA) is 58.6 Å². The average molecular weight is 596 g/mol. The predicted molar refractivity (Wildman–Crippen MR) is 150 cm³/mol. The summed E-state index contributed by atoms with van der Waals surface area (Å²) in [5.41, 5.74) is 1.19. The molecule has 9 heteroatoms. The number of benzene rings is 4. The van der Waals surface area contributed by atoms with Crippen LogP contribution in [0, 0.1) is 5.82 Å². The van der Waals surface area contributed by atoms with Crippen molar-refractivity contribution in [1.82, 2.24) is 5.32 Å². The van der Waals surface area contributed by atoms with E-state index in [1.807, 2.05) is 42.5 Å². The van der Waals surface area contributed by atoms with Gasteiger partial charge in [0.15, 0.2) is 10.9 Å². The third-order valence-corrected chi connectivity index (χ3v) is 6.93. The molecule has 4 aromatic rings. The molecule has 0 atom stereocenters. The number of amides is 2. The van der Waals surface area contributed by atoms with E-state index in [9.17, 15) is 14.0 Å². The fourth-order valence-electron chi connectivity index (χ4n) is 4.04. The second-order valence-corrected chi connectivity index (χ2v) is 9.80. The van der Waals surface area contributed by atoms with Crippen LogP contribution in [-0.2, 0) is 16.2 Å². The molecule has 0 radical (unpaired) electrons. The van der Waals surface area contributed by atoms with Gasteiger partial charge in [-0.1, -0.05) is 66.2 Å². The summed E-state index contributed by atoms with van der Waals surface area (Å²) < 4.78 is 21.0. The van der Waals surface area contributed by atoms with Crippen LogP contribution in [0.3, 0.4) is 0 Å². The zero-order valence-corrected chi connectivity index (χ0v) is 22.2. The first-order valence-electron chi connectivity index (χ1n) is 11.1. The minimum absolute atomic E-state index is 0.0557. The Balaban J connectivity index is 1.43. The maximum atomic E-state index is 14.4. The number of fused-ring (bicyclic) bond motifs is 1. The fraction of sp³-hybridized carbons (Fsp3) is 0.0357. The van der Waals surface area contributed by atoms with Crippen molar-refractivity contribution in [3.05, 3.63) is 111 Å². The number of hydrogen-bond acceptors (Lipinski definition) is 4. The minimum atomic E-state index is -0.748. The molecular formula is C28H17BrClFN2O3S. The summed E-state index contributed by atoms with van der Waals surface area (Å²) in [4.78, 5) is 26.7. The molecular weight excluding hydrogens is 579 g/mol. The van der Waals surface area contributed by atoms with E-state index in [-0.39, 0.29) is 28.0 Å². The summed E-state index contributed by atoms with van der Waals surface area (Å²) in [6, 6.07) is 22.9.